The molecular weight excluding hydrogens is 552 g/mol. The van der Waals surface area contributed by atoms with Crippen molar-refractivity contribution in [3.63, 3.8) is 0 Å². The van der Waals surface area contributed by atoms with Crippen LogP contribution in [0.2, 0.25) is 0 Å². The van der Waals surface area contributed by atoms with Gasteiger partial charge in [0.05, 0.1) is 26.8 Å². The Morgan fingerprint density at radius 2 is 0.889 bits per heavy atom. The second-order valence-corrected chi connectivity index (χ2v) is 14.2. The molecule has 0 bridgehead atoms. The summed E-state index contributed by atoms with van der Waals surface area (Å²) in [5, 5.41) is 2.21. The van der Waals surface area contributed by atoms with Crippen molar-refractivity contribution in [2.24, 2.45) is 0 Å². The number of carbonyl (C=O) groups excluding carboxylic acids is 1. The zero-order chi connectivity index (χ0) is 32.5. The molecule has 0 N–H and O–H groups in total. The number of nitrogens with zero attached hydrogens (tertiary/aromatic N) is 2. The van der Waals surface area contributed by atoms with Crippen LogP contribution in [0.3, 0.4) is 0 Å². The standard InChI is InChI=1S/C41H79N2O2/c1-4-6-8-10-12-14-16-18-20-22-24-26-28-30-32-34-36-42(43(3)37-39-45-40-38-43)41(44)35-33-31-29-27-25-23-21-19-17-15-13-11-9-7-5-2/h18-21H,4-17,22-40H2,1-3H3/q+1. The quantitative estimate of drug-likeness (QED) is 0.0420. The summed E-state index contributed by atoms with van der Waals surface area (Å²) in [4.78, 5) is 13.4. The molecule has 1 aliphatic heterocycles. The summed E-state index contributed by atoms with van der Waals surface area (Å²) in [5.41, 5.74) is 0. The lowest BCUT2D eigenvalue weighted by Crippen LogP contribution is -2.64. The SMILES string of the molecule is CCCCCCCCC=CCCCCCCCCN(C(=O)CCCCCCCC=CCCCCCCCC)[N+]1(C)CCOCC1. The highest BCUT2D eigenvalue weighted by molar-refractivity contribution is 5.74. The lowest BCUT2D eigenvalue weighted by Gasteiger charge is -2.44. The molecule has 1 fully saturated rings. The van der Waals surface area contributed by atoms with Crippen LogP contribution in [0.4, 0.5) is 0 Å². The van der Waals surface area contributed by atoms with Gasteiger partial charge in [-0.25, -0.2) is 4.59 Å². The Morgan fingerprint density at radius 3 is 1.31 bits per heavy atom. The fraction of sp³-hybridized carbons (Fsp3) is 0.878. The molecule has 0 aromatic rings. The topological polar surface area (TPSA) is 29.5 Å². The van der Waals surface area contributed by atoms with Crippen molar-refractivity contribution in [1.29, 1.82) is 0 Å². The second-order valence-electron chi connectivity index (χ2n) is 14.2. The first-order chi connectivity index (χ1) is 22.1. The van der Waals surface area contributed by atoms with Crippen molar-refractivity contribution in [3.8, 4) is 0 Å². The number of ether oxygens (including phenoxy) is 1. The predicted molar refractivity (Wildman–Crippen MR) is 197 cm³/mol. The summed E-state index contributed by atoms with van der Waals surface area (Å²) in [6, 6.07) is 0. The Balaban J connectivity index is 2.13. The number of morpholine rings is 1. The van der Waals surface area contributed by atoms with Gasteiger partial charge in [-0.3, -0.25) is 4.79 Å². The maximum atomic E-state index is 13.4. The van der Waals surface area contributed by atoms with Crippen LogP contribution in [0.1, 0.15) is 194 Å². The summed E-state index contributed by atoms with van der Waals surface area (Å²) in [6.45, 7) is 8.85. The van der Waals surface area contributed by atoms with Crippen LogP contribution < -0.4 is 0 Å². The van der Waals surface area contributed by atoms with Crippen LogP contribution in [0.15, 0.2) is 24.3 Å². The average molecular weight is 632 g/mol. The molecule has 0 saturated carbocycles. The van der Waals surface area contributed by atoms with E-state index in [2.05, 4.69) is 50.2 Å². The first-order valence-corrected chi connectivity index (χ1v) is 20.2. The summed E-state index contributed by atoms with van der Waals surface area (Å²) in [5.74, 6) is 0.366. The van der Waals surface area contributed by atoms with Crippen LogP contribution in [-0.4, -0.2) is 55.4 Å². The van der Waals surface area contributed by atoms with Gasteiger partial charge in [-0.05, 0) is 64.2 Å². The van der Waals surface area contributed by atoms with E-state index >= 15 is 0 Å². The van der Waals surface area contributed by atoms with Crippen molar-refractivity contribution in [1.82, 2.24) is 5.01 Å². The third-order valence-corrected chi connectivity index (χ3v) is 9.84. The first-order valence-electron chi connectivity index (χ1n) is 20.2. The lowest BCUT2D eigenvalue weighted by molar-refractivity contribution is -1.01. The number of quaternary nitrogens is 1. The Hall–Kier alpha value is -1.13. The highest BCUT2D eigenvalue weighted by Crippen LogP contribution is 2.19. The minimum absolute atomic E-state index is 0.366. The van der Waals surface area contributed by atoms with Crippen LogP contribution >= 0.6 is 0 Å². The Bertz CT molecular complexity index is 698. The van der Waals surface area contributed by atoms with Gasteiger partial charge in [0.25, 0.3) is 5.91 Å². The maximum Gasteiger partial charge on any atom is 0.267 e. The molecule has 4 nitrogen and oxygen atoms in total. The van der Waals surface area contributed by atoms with E-state index in [-0.39, 0.29) is 0 Å². The van der Waals surface area contributed by atoms with Gasteiger partial charge in [0, 0.05) is 6.42 Å². The van der Waals surface area contributed by atoms with E-state index in [1.165, 1.54) is 161 Å². The van der Waals surface area contributed by atoms with Gasteiger partial charge in [-0.15, -0.1) is 0 Å². The molecule has 4 heteroatoms. The number of unbranched alkanes of at least 4 members (excludes halogenated alkanes) is 23. The average Bonchev–Trinajstić information content (AvgIpc) is 3.04. The molecule has 0 atom stereocenters. The van der Waals surface area contributed by atoms with E-state index < -0.39 is 0 Å². The Labute approximate surface area is 282 Å². The molecule has 0 aliphatic carbocycles. The first kappa shape index (κ1) is 41.9. The highest BCUT2D eigenvalue weighted by Gasteiger charge is 2.36. The lowest BCUT2D eigenvalue weighted by atomic mass is 10.1. The number of amides is 1. The van der Waals surface area contributed by atoms with Gasteiger partial charge < -0.3 is 4.74 Å². The zero-order valence-corrected chi connectivity index (χ0v) is 30.9. The monoisotopic (exact) mass is 632 g/mol. The van der Waals surface area contributed by atoms with E-state index in [1.54, 1.807) is 0 Å². The number of likely N-dealkylation sites (N-methyl/N-ethyl adjacent to an activating group) is 1. The third-order valence-electron chi connectivity index (χ3n) is 9.84. The predicted octanol–water partition coefficient (Wildman–Crippen LogP) is 12.3. The zero-order valence-electron chi connectivity index (χ0n) is 30.9. The molecule has 0 aromatic carbocycles. The molecule has 0 unspecified atom stereocenters. The molecule has 0 aromatic heterocycles. The van der Waals surface area contributed by atoms with Crippen LogP contribution in [0, 0.1) is 0 Å². The molecule has 264 valence electrons. The third kappa shape index (κ3) is 24.7. The van der Waals surface area contributed by atoms with E-state index in [4.69, 9.17) is 4.74 Å². The highest BCUT2D eigenvalue weighted by atomic mass is 16.5. The van der Waals surface area contributed by atoms with Crippen molar-refractivity contribution in [2.45, 2.75) is 194 Å². The van der Waals surface area contributed by atoms with Gasteiger partial charge in [-0.1, -0.05) is 147 Å². The number of rotatable bonds is 32. The molecule has 45 heavy (non-hydrogen) atoms. The van der Waals surface area contributed by atoms with E-state index in [0.29, 0.717) is 12.3 Å². The number of hydrogen-bond acceptors (Lipinski definition) is 2. The second kappa shape index (κ2) is 31.5. The minimum Gasteiger partial charge on any atom is -0.370 e. The van der Waals surface area contributed by atoms with Gasteiger partial charge >= 0.3 is 0 Å². The van der Waals surface area contributed by atoms with Gasteiger partial charge in [0.15, 0.2) is 0 Å². The summed E-state index contributed by atoms with van der Waals surface area (Å²) in [6.07, 6.45) is 45.7. The largest absolute Gasteiger partial charge is 0.370 e. The fourth-order valence-corrected chi connectivity index (χ4v) is 6.60. The van der Waals surface area contributed by atoms with Crippen molar-refractivity contribution in [2.75, 3.05) is 39.9 Å². The molecule has 1 amide bonds. The molecule has 0 radical (unpaired) electrons. The summed E-state index contributed by atoms with van der Waals surface area (Å²) >= 11 is 0. The molecule has 1 rings (SSSR count). The number of hydrogen-bond donors (Lipinski definition) is 0. The van der Waals surface area contributed by atoms with Gasteiger partial charge in [-0.2, -0.15) is 5.01 Å². The van der Waals surface area contributed by atoms with Gasteiger partial charge in [0.1, 0.15) is 13.1 Å². The Morgan fingerprint density at radius 1 is 0.533 bits per heavy atom. The Kier molecular flexibility index (Phi) is 29.3. The number of carbonyl (C=O) groups is 1. The van der Waals surface area contributed by atoms with Crippen molar-refractivity contribution >= 4 is 5.91 Å². The van der Waals surface area contributed by atoms with E-state index in [0.717, 1.165) is 50.3 Å². The smallest absolute Gasteiger partial charge is 0.267 e. The molecule has 0 spiro atoms. The van der Waals surface area contributed by atoms with Crippen LogP contribution in [0.5, 0.6) is 0 Å². The summed E-state index contributed by atoms with van der Waals surface area (Å²) < 4.78 is 6.40. The maximum absolute atomic E-state index is 13.4. The van der Waals surface area contributed by atoms with Crippen LogP contribution in [0.25, 0.3) is 0 Å². The van der Waals surface area contributed by atoms with E-state index in [9.17, 15) is 4.79 Å². The van der Waals surface area contributed by atoms with E-state index in [1.807, 2.05) is 0 Å². The van der Waals surface area contributed by atoms with Crippen LogP contribution in [-0.2, 0) is 9.53 Å². The minimum atomic E-state index is 0.366. The summed E-state index contributed by atoms with van der Waals surface area (Å²) in [7, 11) is 2.25. The molecular formula is C41H79N2O2+. The number of allylic oxidation sites excluding steroid dienone is 4. The van der Waals surface area contributed by atoms with Gasteiger partial charge in [0.2, 0.25) is 0 Å². The van der Waals surface area contributed by atoms with Crippen molar-refractivity contribution < 1.29 is 14.1 Å². The fourth-order valence-electron chi connectivity index (χ4n) is 6.60. The van der Waals surface area contributed by atoms with Crippen molar-refractivity contribution in [3.05, 3.63) is 24.3 Å². The normalized spacial score (nSPS) is 15.0. The molecule has 1 aliphatic rings. The molecule has 1 saturated heterocycles. The molecule has 1 heterocycles.